The maximum atomic E-state index is 5.37. The first kappa shape index (κ1) is 10.6. The lowest BCUT2D eigenvalue weighted by atomic mass is 10.0. The Labute approximate surface area is 101 Å². The van der Waals surface area contributed by atoms with Crippen molar-refractivity contribution in [2.45, 2.75) is 37.4 Å². The molecule has 0 saturated carbocycles. The molecule has 0 bridgehead atoms. The molecule has 6 atom stereocenters. The quantitative estimate of drug-likeness (QED) is 0.262. The number of nitrogens with two attached hydrogens (primary N) is 1. The van der Waals surface area contributed by atoms with Crippen molar-refractivity contribution in [1.82, 2.24) is 31.4 Å². The van der Waals surface area contributed by atoms with Crippen molar-refractivity contribution in [2.75, 3.05) is 19.8 Å². The Morgan fingerprint density at radius 3 is 2.82 bits per heavy atom. The Morgan fingerprint density at radius 2 is 2.00 bits per heavy atom. The number of fused-ring (bicyclic) bond motifs is 6. The molecule has 0 amide bonds. The third-order valence-corrected chi connectivity index (χ3v) is 5.00. The van der Waals surface area contributed by atoms with E-state index in [0.29, 0.717) is 36.4 Å². The minimum atomic E-state index is 0.448. The highest BCUT2D eigenvalue weighted by atomic mass is 15.6. The van der Waals surface area contributed by atoms with Crippen molar-refractivity contribution in [2.24, 2.45) is 11.8 Å². The van der Waals surface area contributed by atoms with Gasteiger partial charge in [0.05, 0.1) is 18.4 Å². The summed E-state index contributed by atoms with van der Waals surface area (Å²) >= 11 is 0. The van der Waals surface area contributed by atoms with E-state index in [1.807, 2.05) is 0 Å². The zero-order valence-electron chi connectivity index (χ0n) is 10.1. The van der Waals surface area contributed by atoms with Gasteiger partial charge in [0.25, 0.3) is 0 Å². The fraction of sp³-hybridized carbons (Fsp3) is 1.00. The van der Waals surface area contributed by atoms with Crippen LogP contribution in [-0.4, -0.2) is 60.0 Å². The van der Waals surface area contributed by atoms with Crippen LogP contribution < -0.4 is 27.4 Å². The molecule has 0 aromatic carbocycles. The van der Waals surface area contributed by atoms with E-state index >= 15 is 0 Å². The van der Waals surface area contributed by atoms with Crippen LogP contribution in [0.15, 0.2) is 0 Å². The van der Waals surface area contributed by atoms with E-state index in [-0.39, 0.29) is 0 Å². The van der Waals surface area contributed by atoms with Gasteiger partial charge in [-0.1, -0.05) is 6.92 Å². The van der Waals surface area contributed by atoms with Gasteiger partial charge in [0.2, 0.25) is 0 Å². The van der Waals surface area contributed by atoms with Crippen LogP contribution in [0.1, 0.15) is 6.92 Å². The van der Waals surface area contributed by atoms with Crippen LogP contribution in [0.2, 0.25) is 0 Å². The molecular formula is C10H21N7. The van der Waals surface area contributed by atoms with Crippen molar-refractivity contribution >= 4 is 0 Å². The van der Waals surface area contributed by atoms with E-state index < -0.39 is 0 Å². The standard InChI is InChI=1S/C10H21N7/c1-5-6(14-15-11)2-16-9(5)17-3-7-8(10(16)17)13-4-12-7/h5-10,12-15H,2-4,11H2,1H3. The highest BCUT2D eigenvalue weighted by Crippen LogP contribution is 2.44. The molecule has 4 heterocycles. The zero-order valence-corrected chi connectivity index (χ0v) is 10.1. The summed E-state index contributed by atoms with van der Waals surface area (Å²) in [5, 5.41) is 7.10. The molecule has 6 N–H and O–H groups in total. The average Bonchev–Trinajstić information content (AvgIpc) is 2.89. The maximum absolute atomic E-state index is 5.37. The van der Waals surface area contributed by atoms with Crippen LogP contribution in [0.25, 0.3) is 0 Å². The Balaban J connectivity index is 1.53. The van der Waals surface area contributed by atoms with Crippen molar-refractivity contribution in [3.63, 3.8) is 0 Å². The summed E-state index contributed by atoms with van der Waals surface area (Å²) in [6, 6.07) is 1.68. The monoisotopic (exact) mass is 239 g/mol. The summed E-state index contributed by atoms with van der Waals surface area (Å²) in [6.07, 6.45) is 1.19. The second kappa shape index (κ2) is 3.61. The van der Waals surface area contributed by atoms with E-state index in [1.165, 1.54) is 6.54 Å². The topological polar surface area (TPSA) is 80.6 Å². The largest absolute Gasteiger partial charge is 0.299 e. The van der Waals surface area contributed by atoms with Gasteiger partial charge in [0.15, 0.2) is 0 Å². The number of hydrogen-bond donors (Lipinski definition) is 5. The van der Waals surface area contributed by atoms with Crippen LogP contribution in [0, 0.1) is 5.92 Å². The van der Waals surface area contributed by atoms with Gasteiger partial charge in [0, 0.05) is 37.8 Å². The summed E-state index contributed by atoms with van der Waals surface area (Å²) in [5.41, 5.74) is 5.77. The van der Waals surface area contributed by atoms with Crippen molar-refractivity contribution in [1.29, 1.82) is 0 Å². The molecule has 17 heavy (non-hydrogen) atoms. The molecule has 0 radical (unpaired) electrons. The predicted molar refractivity (Wildman–Crippen MR) is 63.1 cm³/mol. The van der Waals surface area contributed by atoms with Crippen LogP contribution >= 0.6 is 0 Å². The maximum Gasteiger partial charge on any atom is 0.0823 e. The Hall–Kier alpha value is -0.280. The van der Waals surface area contributed by atoms with E-state index in [0.717, 1.165) is 13.2 Å². The molecular weight excluding hydrogens is 218 g/mol. The molecule has 0 aliphatic carbocycles. The molecule has 4 fully saturated rings. The third kappa shape index (κ3) is 1.25. The van der Waals surface area contributed by atoms with E-state index in [2.05, 4.69) is 38.3 Å². The summed E-state index contributed by atoms with van der Waals surface area (Å²) in [5.74, 6) is 5.98. The van der Waals surface area contributed by atoms with Crippen LogP contribution in [-0.2, 0) is 0 Å². The highest BCUT2D eigenvalue weighted by Gasteiger charge is 2.63. The van der Waals surface area contributed by atoms with Gasteiger partial charge in [-0.2, -0.15) is 5.53 Å². The smallest absolute Gasteiger partial charge is 0.0823 e. The minimum absolute atomic E-state index is 0.448. The van der Waals surface area contributed by atoms with Gasteiger partial charge in [-0.15, -0.1) is 0 Å². The number of hydrogen-bond acceptors (Lipinski definition) is 7. The van der Waals surface area contributed by atoms with Crippen LogP contribution in [0.4, 0.5) is 0 Å². The highest BCUT2D eigenvalue weighted by molar-refractivity contribution is 5.16. The summed E-state index contributed by atoms with van der Waals surface area (Å²) in [6.45, 7) is 5.53. The number of rotatable bonds is 2. The van der Waals surface area contributed by atoms with Crippen LogP contribution in [0.3, 0.4) is 0 Å². The molecule has 6 unspecified atom stereocenters. The number of nitrogens with zero attached hydrogens (tertiary/aromatic N) is 2. The molecule has 0 aromatic heterocycles. The fourth-order valence-corrected chi connectivity index (χ4v) is 4.25. The summed E-state index contributed by atoms with van der Waals surface area (Å²) in [4.78, 5) is 5.25. The second-order valence-electron chi connectivity index (χ2n) is 5.69. The van der Waals surface area contributed by atoms with Crippen molar-refractivity contribution < 1.29 is 0 Å². The van der Waals surface area contributed by atoms with Gasteiger partial charge >= 0.3 is 0 Å². The third-order valence-electron chi connectivity index (χ3n) is 5.00. The lowest BCUT2D eigenvalue weighted by Gasteiger charge is -2.54. The molecule has 4 aliphatic rings. The molecule has 0 aromatic rings. The lowest BCUT2D eigenvalue weighted by Crippen LogP contribution is -2.70. The number of nitrogens with one attached hydrogen (secondary N) is 4. The molecule has 4 aliphatic heterocycles. The zero-order chi connectivity index (χ0) is 11.6. The van der Waals surface area contributed by atoms with Gasteiger partial charge in [-0.3, -0.25) is 26.3 Å². The molecule has 7 heteroatoms. The average molecular weight is 239 g/mol. The molecule has 0 spiro atoms. The van der Waals surface area contributed by atoms with Crippen LogP contribution in [0.5, 0.6) is 0 Å². The van der Waals surface area contributed by atoms with Gasteiger partial charge in [-0.05, 0) is 0 Å². The van der Waals surface area contributed by atoms with E-state index in [1.54, 1.807) is 0 Å². The molecule has 7 nitrogen and oxygen atoms in total. The van der Waals surface area contributed by atoms with Gasteiger partial charge in [0.1, 0.15) is 0 Å². The summed E-state index contributed by atoms with van der Waals surface area (Å²) in [7, 11) is 0. The van der Waals surface area contributed by atoms with Crippen molar-refractivity contribution in [3.05, 3.63) is 0 Å². The van der Waals surface area contributed by atoms with Gasteiger partial charge in [-0.25, -0.2) is 5.43 Å². The van der Waals surface area contributed by atoms with E-state index in [4.69, 9.17) is 5.84 Å². The predicted octanol–water partition coefficient (Wildman–Crippen LogP) is -2.86. The Bertz CT molecular complexity index is 324. The van der Waals surface area contributed by atoms with Gasteiger partial charge < -0.3 is 0 Å². The van der Waals surface area contributed by atoms with E-state index in [9.17, 15) is 0 Å². The Kier molecular flexibility index (Phi) is 2.26. The normalized spacial score (nSPS) is 53.3. The van der Waals surface area contributed by atoms with Crippen molar-refractivity contribution in [3.8, 4) is 0 Å². The fourth-order valence-electron chi connectivity index (χ4n) is 4.25. The molecule has 4 saturated heterocycles. The second-order valence-corrected chi connectivity index (χ2v) is 5.69. The minimum Gasteiger partial charge on any atom is -0.299 e. The Morgan fingerprint density at radius 1 is 1.18 bits per heavy atom. The lowest BCUT2D eigenvalue weighted by molar-refractivity contribution is -0.145. The SMILES string of the molecule is CC1C(NNN)CN2C1N1CC3NCNC3C21. The first-order valence-corrected chi connectivity index (χ1v) is 6.50. The molecule has 96 valence electrons. The number of hydrazine groups is 2. The first-order valence-electron chi connectivity index (χ1n) is 6.50. The molecule has 4 rings (SSSR count). The summed E-state index contributed by atoms with van der Waals surface area (Å²) < 4.78 is 0. The first-order chi connectivity index (χ1) is 8.31.